The van der Waals surface area contributed by atoms with Crippen molar-refractivity contribution in [2.75, 3.05) is 4.90 Å². The van der Waals surface area contributed by atoms with Crippen molar-refractivity contribution in [2.24, 2.45) is 0 Å². The third-order valence-electron chi connectivity index (χ3n) is 7.98. The van der Waals surface area contributed by atoms with E-state index in [1.54, 1.807) is 11.0 Å². The molecule has 0 saturated carbocycles. The second-order valence-corrected chi connectivity index (χ2v) is 11.2. The fourth-order valence-electron chi connectivity index (χ4n) is 5.64. The lowest BCUT2D eigenvalue weighted by molar-refractivity contribution is -0.0597. The van der Waals surface area contributed by atoms with E-state index in [2.05, 4.69) is 32.9 Å². The standard InChI is InChI=1S/C33H37NO4/c1-21(2)10-7-11-22(3)12-9-17-33(4)30(36)19-26-29(35)18-25-27(31(26)38-33)20-34(32(25)37)28-16-8-14-23-13-5-6-15-24(23)28/h5-6,8,10,12-16,18,30,35-36H,7,9,11,17,19-20H2,1-4H3/b22-12+/t30-,33-/m0/s1. The first kappa shape index (κ1) is 26.1. The molecule has 2 aliphatic rings. The van der Waals surface area contributed by atoms with Gasteiger partial charge in [-0.15, -0.1) is 0 Å². The molecule has 0 bridgehead atoms. The second-order valence-electron chi connectivity index (χ2n) is 11.2. The molecule has 5 rings (SSSR count). The van der Waals surface area contributed by atoms with E-state index >= 15 is 0 Å². The largest absolute Gasteiger partial charge is 0.508 e. The number of benzene rings is 3. The van der Waals surface area contributed by atoms with Gasteiger partial charge in [0.15, 0.2) is 0 Å². The Balaban J connectivity index is 1.41. The molecule has 0 fully saturated rings. The molecular weight excluding hydrogens is 474 g/mol. The molecule has 0 spiro atoms. The van der Waals surface area contributed by atoms with Crippen LogP contribution in [0.1, 0.15) is 74.9 Å². The summed E-state index contributed by atoms with van der Waals surface area (Å²) in [7, 11) is 0. The Morgan fingerprint density at radius 3 is 2.63 bits per heavy atom. The lowest BCUT2D eigenvalue weighted by Gasteiger charge is -2.40. The Kier molecular flexibility index (Phi) is 7.06. The number of aromatic hydroxyl groups is 1. The number of rotatable bonds is 7. The summed E-state index contributed by atoms with van der Waals surface area (Å²) >= 11 is 0. The molecule has 2 N–H and O–H groups in total. The zero-order valence-electron chi connectivity index (χ0n) is 22.8. The van der Waals surface area contributed by atoms with Crippen molar-refractivity contribution in [2.45, 2.75) is 78.0 Å². The number of aliphatic hydroxyl groups is 1. The molecule has 5 heteroatoms. The summed E-state index contributed by atoms with van der Waals surface area (Å²) in [4.78, 5) is 15.3. The van der Waals surface area contributed by atoms with Crippen molar-refractivity contribution in [1.82, 2.24) is 0 Å². The van der Waals surface area contributed by atoms with Crippen LogP contribution in [0.15, 0.2) is 71.8 Å². The van der Waals surface area contributed by atoms with E-state index in [4.69, 9.17) is 4.74 Å². The Bertz CT molecular complexity index is 1440. The topological polar surface area (TPSA) is 70.0 Å². The molecule has 3 aromatic rings. The molecule has 0 aromatic heterocycles. The van der Waals surface area contributed by atoms with E-state index in [0.29, 0.717) is 29.8 Å². The molecule has 5 nitrogen and oxygen atoms in total. The van der Waals surface area contributed by atoms with E-state index in [-0.39, 0.29) is 18.1 Å². The lowest BCUT2D eigenvalue weighted by Crippen LogP contribution is -2.49. The van der Waals surface area contributed by atoms with Gasteiger partial charge in [0.1, 0.15) is 17.1 Å². The monoisotopic (exact) mass is 511 g/mol. The van der Waals surface area contributed by atoms with Gasteiger partial charge < -0.3 is 19.8 Å². The van der Waals surface area contributed by atoms with Crippen LogP contribution in [0.5, 0.6) is 11.5 Å². The zero-order valence-corrected chi connectivity index (χ0v) is 22.8. The number of aliphatic hydroxyl groups excluding tert-OH is 1. The number of nitrogens with zero attached hydrogens (tertiary/aromatic N) is 1. The maximum absolute atomic E-state index is 13.6. The summed E-state index contributed by atoms with van der Waals surface area (Å²) in [6.45, 7) is 8.67. The number of hydrogen-bond acceptors (Lipinski definition) is 4. The summed E-state index contributed by atoms with van der Waals surface area (Å²) in [5, 5.41) is 24.0. The van der Waals surface area contributed by atoms with Gasteiger partial charge in [0.25, 0.3) is 5.91 Å². The van der Waals surface area contributed by atoms with Crippen molar-refractivity contribution in [3.8, 4) is 11.5 Å². The van der Waals surface area contributed by atoms with Gasteiger partial charge >= 0.3 is 0 Å². The summed E-state index contributed by atoms with van der Waals surface area (Å²) in [5.41, 5.74) is 4.49. The number of amides is 1. The fraction of sp³-hybridized carbons (Fsp3) is 0.364. The van der Waals surface area contributed by atoms with Crippen LogP contribution in [-0.2, 0) is 13.0 Å². The fourth-order valence-corrected chi connectivity index (χ4v) is 5.64. The van der Waals surface area contributed by atoms with Crippen LogP contribution in [0.2, 0.25) is 0 Å². The normalized spacial score (nSPS) is 20.8. The summed E-state index contributed by atoms with van der Waals surface area (Å²) < 4.78 is 6.54. The SMILES string of the molecule is CC(C)=CCC/C(C)=C/CC[C@]1(C)Oc2c(c(O)cc3c2CN(c2cccc4ccccc24)C3=O)C[C@@H]1O. The van der Waals surface area contributed by atoms with Gasteiger partial charge in [-0.2, -0.15) is 0 Å². The first-order valence-electron chi connectivity index (χ1n) is 13.5. The van der Waals surface area contributed by atoms with Crippen LogP contribution in [0.4, 0.5) is 5.69 Å². The number of fused-ring (bicyclic) bond motifs is 4. The summed E-state index contributed by atoms with van der Waals surface area (Å²) in [6, 6.07) is 15.5. The molecule has 38 heavy (non-hydrogen) atoms. The third kappa shape index (κ3) is 4.83. The van der Waals surface area contributed by atoms with Crippen LogP contribution in [0.25, 0.3) is 10.8 Å². The minimum absolute atomic E-state index is 0.00276. The molecule has 3 aromatic carbocycles. The predicted octanol–water partition coefficient (Wildman–Crippen LogP) is 7.23. The van der Waals surface area contributed by atoms with Crippen LogP contribution in [-0.4, -0.2) is 27.8 Å². The van der Waals surface area contributed by atoms with Crippen LogP contribution in [0, 0.1) is 0 Å². The van der Waals surface area contributed by atoms with Crippen molar-refractivity contribution >= 4 is 22.4 Å². The minimum Gasteiger partial charge on any atom is -0.508 e. The quantitative estimate of drug-likeness (QED) is 0.328. The Labute approximate surface area is 225 Å². The highest BCUT2D eigenvalue weighted by Gasteiger charge is 2.44. The van der Waals surface area contributed by atoms with Crippen LogP contribution >= 0.6 is 0 Å². The predicted molar refractivity (Wildman–Crippen MR) is 153 cm³/mol. The molecule has 2 aliphatic heterocycles. The van der Waals surface area contributed by atoms with Crippen molar-refractivity contribution in [1.29, 1.82) is 0 Å². The molecular formula is C33H37NO4. The van der Waals surface area contributed by atoms with Crippen LogP contribution < -0.4 is 9.64 Å². The molecule has 2 heterocycles. The van der Waals surface area contributed by atoms with E-state index in [9.17, 15) is 15.0 Å². The van der Waals surface area contributed by atoms with Gasteiger partial charge in [-0.3, -0.25) is 4.79 Å². The van der Waals surface area contributed by atoms with Crippen molar-refractivity contribution in [3.05, 3.63) is 88.5 Å². The zero-order chi connectivity index (χ0) is 27.0. The number of carbonyl (C=O) groups excluding carboxylic acids is 1. The minimum atomic E-state index is -0.818. The summed E-state index contributed by atoms with van der Waals surface area (Å²) in [6.07, 6.45) is 7.47. The van der Waals surface area contributed by atoms with E-state index in [0.717, 1.165) is 41.3 Å². The number of hydrogen-bond donors (Lipinski definition) is 2. The lowest BCUT2D eigenvalue weighted by atomic mass is 9.84. The van der Waals surface area contributed by atoms with Gasteiger partial charge in [-0.1, -0.05) is 59.7 Å². The Morgan fingerprint density at radius 1 is 1.08 bits per heavy atom. The number of allylic oxidation sites excluding steroid dienone is 4. The number of ether oxygens (including phenoxy) is 1. The first-order chi connectivity index (χ1) is 18.2. The first-order valence-corrected chi connectivity index (χ1v) is 13.5. The highest BCUT2D eigenvalue weighted by Crippen LogP contribution is 2.47. The van der Waals surface area contributed by atoms with E-state index < -0.39 is 11.7 Å². The summed E-state index contributed by atoms with van der Waals surface area (Å²) in [5.74, 6) is 0.400. The van der Waals surface area contributed by atoms with E-state index in [1.807, 2.05) is 49.4 Å². The molecule has 0 saturated heterocycles. The molecule has 0 unspecified atom stereocenters. The molecule has 2 atom stereocenters. The number of phenolic OH excluding ortho intramolecular Hbond substituents is 1. The average molecular weight is 512 g/mol. The molecule has 0 aliphatic carbocycles. The molecule has 198 valence electrons. The molecule has 1 amide bonds. The third-order valence-corrected chi connectivity index (χ3v) is 7.98. The highest BCUT2D eigenvalue weighted by atomic mass is 16.5. The molecule has 0 radical (unpaired) electrons. The van der Waals surface area contributed by atoms with Gasteiger partial charge in [0, 0.05) is 22.9 Å². The second kappa shape index (κ2) is 10.3. The number of carbonyl (C=O) groups is 1. The number of anilines is 1. The Morgan fingerprint density at radius 2 is 1.84 bits per heavy atom. The van der Waals surface area contributed by atoms with Gasteiger partial charge in [0.2, 0.25) is 0 Å². The van der Waals surface area contributed by atoms with Gasteiger partial charge in [0.05, 0.1) is 23.9 Å². The number of phenols is 1. The maximum Gasteiger partial charge on any atom is 0.259 e. The van der Waals surface area contributed by atoms with Gasteiger partial charge in [-0.25, -0.2) is 0 Å². The highest BCUT2D eigenvalue weighted by molar-refractivity contribution is 6.14. The van der Waals surface area contributed by atoms with Crippen molar-refractivity contribution < 1.29 is 19.7 Å². The van der Waals surface area contributed by atoms with Crippen molar-refractivity contribution in [3.63, 3.8) is 0 Å². The van der Waals surface area contributed by atoms with Gasteiger partial charge in [-0.05, 0) is 70.9 Å². The smallest absolute Gasteiger partial charge is 0.259 e. The maximum atomic E-state index is 13.6. The van der Waals surface area contributed by atoms with Crippen LogP contribution in [0.3, 0.4) is 0 Å². The average Bonchev–Trinajstić information content (AvgIpc) is 3.20. The Hall–Kier alpha value is -3.57. The van der Waals surface area contributed by atoms with E-state index in [1.165, 1.54) is 11.1 Å².